The molecule has 2 fully saturated rings. The fourth-order valence-corrected chi connectivity index (χ4v) is 2.97. The van der Waals surface area contributed by atoms with E-state index in [1.54, 1.807) is 0 Å². The molecule has 2 saturated heterocycles. The van der Waals surface area contributed by atoms with Crippen molar-refractivity contribution >= 4 is 5.91 Å². The predicted molar refractivity (Wildman–Crippen MR) is 66.1 cm³/mol. The van der Waals surface area contributed by atoms with Crippen LogP contribution in [0.25, 0.3) is 0 Å². The van der Waals surface area contributed by atoms with Crippen LogP contribution in [-0.4, -0.2) is 51.7 Å². The highest BCUT2D eigenvalue weighted by Crippen LogP contribution is 2.27. The number of hydrogen-bond donors (Lipinski definition) is 2. The number of likely N-dealkylation sites (tertiary alicyclic amines) is 1. The van der Waals surface area contributed by atoms with Crippen molar-refractivity contribution in [1.29, 1.82) is 0 Å². The van der Waals surface area contributed by atoms with E-state index in [0.29, 0.717) is 5.92 Å². The average molecular weight is 249 g/mol. The minimum absolute atomic E-state index is 0.0628. The minimum Gasteiger partial charge on any atom is -0.355 e. The van der Waals surface area contributed by atoms with E-state index >= 15 is 0 Å². The van der Waals surface area contributed by atoms with Crippen LogP contribution < -0.4 is 5.32 Å². The fraction of sp³-hybridized carbons (Fsp3) is 0.750. The molecule has 0 bridgehead atoms. The lowest BCUT2D eigenvalue weighted by atomic mass is 9.95. The molecule has 1 amide bonds. The maximum Gasteiger partial charge on any atom is 0.237 e. The summed E-state index contributed by atoms with van der Waals surface area (Å²) in [7, 11) is 0. The topological polar surface area (TPSA) is 73.9 Å². The number of rotatable bonds is 2. The quantitative estimate of drug-likeness (QED) is 0.784. The van der Waals surface area contributed by atoms with Crippen LogP contribution in [0.3, 0.4) is 0 Å². The molecule has 3 rings (SSSR count). The molecule has 0 aliphatic carbocycles. The Morgan fingerprint density at radius 2 is 2.28 bits per heavy atom. The Morgan fingerprint density at radius 3 is 2.94 bits per heavy atom. The molecule has 1 aromatic rings. The maximum absolute atomic E-state index is 11.7. The van der Waals surface area contributed by atoms with E-state index in [1.807, 2.05) is 6.92 Å². The molecule has 2 atom stereocenters. The zero-order chi connectivity index (χ0) is 12.5. The van der Waals surface area contributed by atoms with E-state index in [2.05, 4.69) is 25.4 Å². The van der Waals surface area contributed by atoms with Crippen LogP contribution in [0.5, 0.6) is 0 Å². The number of amides is 1. The van der Waals surface area contributed by atoms with Crippen molar-refractivity contribution in [2.24, 2.45) is 0 Å². The van der Waals surface area contributed by atoms with Gasteiger partial charge in [0.2, 0.25) is 5.91 Å². The number of piperidine rings is 1. The number of H-pyrrole nitrogens is 1. The molecule has 18 heavy (non-hydrogen) atoms. The maximum atomic E-state index is 11.7. The largest absolute Gasteiger partial charge is 0.355 e. The zero-order valence-electron chi connectivity index (χ0n) is 10.6. The standard InChI is InChI=1S/C12H19N5O/c1-8-14-11(16-15-8)9-3-2-6-17(7-9)10-4-5-13-12(10)18/h9-10H,2-7H2,1H3,(H,13,18)(H,14,15,16). The number of hydrogen-bond acceptors (Lipinski definition) is 4. The summed E-state index contributed by atoms with van der Waals surface area (Å²) in [6, 6.07) is 0.0628. The van der Waals surface area contributed by atoms with Gasteiger partial charge in [-0.25, -0.2) is 4.98 Å². The first-order valence-corrected chi connectivity index (χ1v) is 6.64. The van der Waals surface area contributed by atoms with E-state index < -0.39 is 0 Å². The Labute approximate surface area is 106 Å². The molecule has 2 aliphatic heterocycles. The van der Waals surface area contributed by atoms with E-state index in [0.717, 1.165) is 50.5 Å². The van der Waals surface area contributed by atoms with Crippen molar-refractivity contribution in [3.05, 3.63) is 11.6 Å². The van der Waals surface area contributed by atoms with Gasteiger partial charge >= 0.3 is 0 Å². The fourth-order valence-electron chi connectivity index (χ4n) is 2.97. The molecule has 0 radical (unpaired) electrons. The molecule has 98 valence electrons. The molecule has 0 saturated carbocycles. The smallest absolute Gasteiger partial charge is 0.237 e. The van der Waals surface area contributed by atoms with Gasteiger partial charge in [0.1, 0.15) is 5.82 Å². The molecule has 6 nitrogen and oxygen atoms in total. The number of carbonyl (C=O) groups is 1. The molecule has 2 unspecified atom stereocenters. The van der Waals surface area contributed by atoms with Gasteiger partial charge in [-0.15, -0.1) is 0 Å². The van der Waals surface area contributed by atoms with Crippen LogP contribution in [0.15, 0.2) is 0 Å². The van der Waals surface area contributed by atoms with Crippen molar-refractivity contribution in [3.8, 4) is 0 Å². The van der Waals surface area contributed by atoms with Gasteiger partial charge in [0, 0.05) is 19.0 Å². The highest BCUT2D eigenvalue weighted by molar-refractivity contribution is 5.83. The third-order valence-corrected chi connectivity index (χ3v) is 3.89. The third-order valence-electron chi connectivity index (χ3n) is 3.89. The summed E-state index contributed by atoms with van der Waals surface area (Å²) in [6.45, 7) is 4.64. The molecule has 2 N–H and O–H groups in total. The molecular weight excluding hydrogens is 230 g/mol. The van der Waals surface area contributed by atoms with E-state index in [1.165, 1.54) is 0 Å². The summed E-state index contributed by atoms with van der Waals surface area (Å²) in [5.41, 5.74) is 0. The van der Waals surface area contributed by atoms with Crippen LogP contribution in [0, 0.1) is 6.92 Å². The van der Waals surface area contributed by atoms with E-state index in [4.69, 9.17) is 0 Å². The van der Waals surface area contributed by atoms with Gasteiger partial charge in [-0.1, -0.05) is 0 Å². The molecule has 6 heteroatoms. The van der Waals surface area contributed by atoms with Crippen LogP contribution in [0.2, 0.25) is 0 Å². The number of nitrogens with zero attached hydrogens (tertiary/aromatic N) is 3. The lowest BCUT2D eigenvalue weighted by Crippen LogP contribution is -2.45. The molecule has 0 aromatic carbocycles. The highest BCUT2D eigenvalue weighted by Gasteiger charge is 2.34. The SMILES string of the molecule is Cc1nc(C2CCCN(C3CCNC3=O)C2)n[nH]1. The van der Waals surface area contributed by atoms with Crippen molar-refractivity contribution < 1.29 is 4.79 Å². The molecule has 2 aliphatic rings. The molecular formula is C12H19N5O. The van der Waals surface area contributed by atoms with Gasteiger partial charge < -0.3 is 5.32 Å². The normalized spacial score (nSPS) is 29.5. The van der Waals surface area contributed by atoms with Crippen LogP contribution >= 0.6 is 0 Å². The van der Waals surface area contributed by atoms with Crippen LogP contribution in [0.1, 0.15) is 36.8 Å². The minimum atomic E-state index is 0.0628. The lowest BCUT2D eigenvalue weighted by Gasteiger charge is -2.34. The summed E-state index contributed by atoms with van der Waals surface area (Å²) in [6.07, 6.45) is 3.16. The third kappa shape index (κ3) is 2.12. The van der Waals surface area contributed by atoms with Crippen molar-refractivity contribution in [2.75, 3.05) is 19.6 Å². The summed E-state index contributed by atoms with van der Waals surface area (Å²) in [5.74, 6) is 2.30. The van der Waals surface area contributed by atoms with Crippen molar-refractivity contribution in [2.45, 2.75) is 38.1 Å². The zero-order valence-corrected chi connectivity index (χ0v) is 10.6. The Balaban J connectivity index is 1.70. The first-order chi connectivity index (χ1) is 8.74. The number of aromatic nitrogens is 3. The van der Waals surface area contributed by atoms with Gasteiger partial charge in [-0.2, -0.15) is 5.10 Å². The Kier molecular flexibility index (Phi) is 3.03. The number of aryl methyl sites for hydroxylation is 1. The molecule has 0 spiro atoms. The predicted octanol–water partition coefficient (Wildman–Crippen LogP) is 0.181. The number of aromatic amines is 1. The monoisotopic (exact) mass is 249 g/mol. The van der Waals surface area contributed by atoms with E-state index in [9.17, 15) is 4.79 Å². The van der Waals surface area contributed by atoms with Crippen LogP contribution in [-0.2, 0) is 4.79 Å². The summed E-state index contributed by atoms with van der Waals surface area (Å²) in [5, 5.41) is 10.1. The Bertz CT molecular complexity index is 443. The Morgan fingerprint density at radius 1 is 1.39 bits per heavy atom. The highest BCUT2D eigenvalue weighted by atomic mass is 16.2. The van der Waals surface area contributed by atoms with E-state index in [-0.39, 0.29) is 11.9 Å². The summed E-state index contributed by atoms with van der Waals surface area (Å²) in [4.78, 5) is 18.4. The van der Waals surface area contributed by atoms with Gasteiger partial charge in [0.25, 0.3) is 0 Å². The first-order valence-electron chi connectivity index (χ1n) is 6.64. The van der Waals surface area contributed by atoms with Gasteiger partial charge in [-0.3, -0.25) is 14.8 Å². The molecule has 3 heterocycles. The number of nitrogens with one attached hydrogen (secondary N) is 2. The summed E-state index contributed by atoms with van der Waals surface area (Å²) < 4.78 is 0. The summed E-state index contributed by atoms with van der Waals surface area (Å²) >= 11 is 0. The first kappa shape index (κ1) is 11.6. The van der Waals surface area contributed by atoms with Crippen molar-refractivity contribution in [1.82, 2.24) is 25.4 Å². The Hall–Kier alpha value is -1.43. The van der Waals surface area contributed by atoms with Gasteiger partial charge in [0.05, 0.1) is 6.04 Å². The lowest BCUT2D eigenvalue weighted by molar-refractivity contribution is -0.124. The molecule has 1 aromatic heterocycles. The average Bonchev–Trinajstić information content (AvgIpc) is 2.98. The van der Waals surface area contributed by atoms with Crippen LogP contribution in [0.4, 0.5) is 0 Å². The second kappa shape index (κ2) is 4.68. The van der Waals surface area contributed by atoms with Gasteiger partial charge in [-0.05, 0) is 32.7 Å². The number of carbonyl (C=O) groups excluding carboxylic acids is 1. The van der Waals surface area contributed by atoms with Gasteiger partial charge in [0.15, 0.2) is 5.82 Å². The second-order valence-electron chi connectivity index (χ2n) is 5.21. The van der Waals surface area contributed by atoms with Crippen molar-refractivity contribution in [3.63, 3.8) is 0 Å². The second-order valence-corrected chi connectivity index (χ2v) is 5.21.